The van der Waals surface area contributed by atoms with Crippen molar-refractivity contribution in [3.05, 3.63) is 0 Å². The summed E-state index contributed by atoms with van der Waals surface area (Å²) in [7, 11) is 0. The summed E-state index contributed by atoms with van der Waals surface area (Å²) in [5.41, 5.74) is 0.449. The van der Waals surface area contributed by atoms with Crippen molar-refractivity contribution >= 4 is 0 Å². The Morgan fingerprint density at radius 1 is 1.43 bits per heavy atom. The maximum absolute atomic E-state index is 9.73. The predicted octanol–water partition coefficient (Wildman–Crippen LogP) is 2.27. The fourth-order valence-corrected chi connectivity index (χ4v) is 2.42. The minimum absolute atomic E-state index is 0.117. The minimum Gasteiger partial charge on any atom is -0.392 e. The van der Waals surface area contributed by atoms with Gasteiger partial charge in [0.25, 0.3) is 0 Å². The van der Waals surface area contributed by atoms with Gasteiger partial charge in [-0.1, -0.05) is 27.2 Å². The Balaban J connectivity index is 2.30. The molecule has 1 atom stereocenters. The molecule has 0 amide bonds. The average Bonchev–Trinajstić information content (AvgIpc) is 2.02. The topological polar surface area (TPSA) is 23.5 Å². The molecule has 1 heterocycles. The van der Waals surface area contributed by atoms with E-state index in [1.165, 1.54) is 19.4 Å². The van der Waals surface area contributed by atoms with E-state index in [0.29, 0.717) is 5.41 Å². The van der Waals surface area contributed by atoms with Crippen LogP contribution in [0.4, 0.5) is 0 Å². The molecular formula is C12H25NO. The number of rotatable bonds is 4. The van der Waals surface area contributed by atoms with E-state index in [-0.39, 0.29) is 6.10 Å². The van der Waals surface area contributed by atoms with Crippen LogP contribution in [-0.4, -0.2) is 35.7 Å². The van der Waals surface area contributed by atoms with Crippen molar-refractivity contribution in [1.82, 2.24) is 4.90 Å². The van der Waals surface area contributed by atoms with Gasteiger partial charge >= 0.3 is 0 Å². The van der Waals surface area contributed by atoms with E-state index in [0.717, 1.165) is 25.9 Å². The molecule has 2 nitrogen and oxygen atoms in total. The smallest absolute Gasteiger partial charge is 0.0667 e. The minimum atomic E-state index is -0.117. The molecule has 0 aromatic rings. The van der Waals surface area contributed by atoms with Gasteiger partial charge in [-0.3, -0.25) is 0 Å². The molecule has 1 fully saturated rings. The van der Waals surface area contributed by atoms with Crippen LogP contribution >= 0.6 is 0 Å². The molecule has 0 bridgehead atoms. The second-order valence-corrected chi connectivity index (χ2v) is 5.45. The van der Waals surface area contributed by atoms with Crippen LogP contribution in [0.25, 0.3) is 0 Å². The highest BCUT2D eigenvalue weighted by Crippen LogP contribution is 2.28. The number of aliphatic hydroxyl groups excluding tert-OH is 1. The third-order valence-corrected chi connectivity index (χ3v) is 3.07. The lowest BCUT2D eigenvalue weighted by Crippen LogP contribution is -2.43. The van der Waals surface area contributed by atoms with Gasteiger partial charge in [-0.25, -0.2) is 0 Å². The van der Waals surface area contributed by atoms with E-state index in [4.69, 9.17) is 0 Å². The van der Waals surface area contributed by atoms with Crippen molar-refractivity contribution in [3.8, 4) is 0 Å². The quantitative estimate of drug-likeness (QED) is 0.751. The Hall–Kier alpha value is -0.0800. The van der Waals surface area contributed by atoms with Crippen LogP contribution in [0.2, 0.25) is 0 Å². The lowest BCUT2D eigenvalue weighted by Gasteiger charge is -2.38. The zero-order valence-electron chi connectivity index (χ0n) is 9.92. The zero-order valence-corrected chi connectivity index (χ0v) is 9.92. The third-order valence-electron chi connectivity index (χ3n) is 3.07. The second-order valence-electron chi connectivity index (χ2n) is 5.45. The fourth-order valence-electron chi connectivity index (χ4n) is 2.42. The zero-order chi connectivity index (χ0) is 10.6. The summed E-state index contributed by atoms with van der Waals surface area (Å²) in [6, 6.07) is 0. The summed E-state index contributed by atoms with van der Waals surface area (Å²) in [5, 5.41) is 9.73. The Morgan fingerprint density at radius 3 is 2.71 bits per heavy atom. The molecule has 0 radical (unpaired) electrons. The molecular weight excluding hydrogens is 174 g/mol. The highest BCUT2D eigenvalue weighted by atomic mass is 16.3. The lowest BCUT2D eigenvalue weighted by atomic mass is 9.84. The number of β-amino-alcohol motifs (C(OH)–C–C–N with tert-alkyl or cyclic N) is 1. The first-order valence-corrected chi connectivity index (χ1v) is 5.94. The number of hydrogen-bond donors (Lipinski definition) is 1. The van der Waals surface area contributed by atoms with Gasteiger partial charge in [0.05, 0.1) is 6.10 Å². The van der Waals surface area contributed by atoms with Crippen molar-refractivity contribution in [2.75, 3.05) is 19.6 Å². The van der Waals surface area contributed by atoms with Gasteiger partial charge in [0.15, 0.2) is 0 Å². The summed E-state index contributed by atoms with van der Waals surface area (Å²) in [5.74, 6) is 0. The van der Waals surface area contributed by atoms with Crippen LogP contribution in [0.1, 0.15) is 46.5 Å². The molecule has 1 N–H and O–H groups in total. The number of hydrogen-bond acceptors (Lipinski definition) is 2. The number of nitrogens with zero attached hydrogens (tertiary/aromatic N) is 1. The van der Waals surface area contributed by atoms with Crippen molar-refractivity contribution in [1.29, 1.82) is 0 Å². The highest BCUT2D eigenvalue weighted by molar-refractivity contribution is 4.80. The van der Waals surface area contributed by atoms with E-state index in [1.807, 2.05) is 0 Å². The molecule has 0 saturated carbocycles. The van der Waals surface area contributed by atoms with Gasteiger partial charge in [-0.05, 0) is 31.2 Å². The van der Waals surface area contributed by atoms with Crippen LogP contribution in [0.15, 0.2) is 0 Å². The van der Waals surface area contributed by atoms with E-state index < -0.39 is 0 Å². The molecule has 1 unspecified atom stereocenters. The summed E-state index contributed by atoms with van der Waals surface area (Å²) >= 11 is 0. The van der Waals surface area contributed by atoms with Gasteiger partial charge in [-0.15, -0.1) is 0 Å². The standard InChI is InChI=1S/C12H25NO/c1-4-6-11(14)9-13-8-5-7-12(2,3)10-13/h11,14H,4-10H2,1-3H3. The molecule has 14 heavy (non-hydrogen) atoms. The van der Waals surface area contributed by atoms with Gasteiger partial charge in [0.2, 0.25) is 0 Å². The Labute approximate surface area is 88.3 Å². The van der Waals surface area contributed by atoms with Crippen LogP contribution < -0.4 is 0 Å². The molecule has 0 aliphatic carbocycles. The molecule has 1 rings (SSSR count). The first kappa shape index (κ1) is 12.0. The van der Waals surface area contributed by atoms with Crippen LogP contribution in [0.5, 0.6) is 0 Å². The Morgan fingerprint density at radius 2 is 2.14 bits per heavy atom. The maximum Gasteiger partial charge on any atom is 0.0667 e. The molecule has 2 heteroatoms. The molecule has 0 aromatic heterocycles. The largest absolute Gasteiger partial charge is 0.392 e. The molecule has 1 aliphatic heterocycles. The van der Waals surface area contributed by atoms with E-state index >= 15 is 0 Å². The molecule has 0 spiro atoms. The van der Waals surface area contributed by atoms with Crippen molar-refractivity contribution in [2.45, 2.75) is 52.6 Å². The predicted molar refractivity (Wildman–Crippen MR) is 60.4 cm³/mol. The molecule has 84 valence electrons. The van der Waals surface area contributed by atoms with Crippen LogP contribution in [0.3, 0.4) is 0 Å². The van der Waals surface area contributed by atoms with Gasteiger partial charge in [0, 0.05) is 13.1 Å². The van der Waals surface area contributed by atoms with E-state index in [2.05, 4.69) is 25.7 Å². The summed E-state index contributed by atoms with van der Waals surface area (Å²) in [6.45, 7) is 9.97. The van der Waals surface area contributed by atoms with Gasteiger partial charge in [-0.2, -0.15) is 0 Å². The summed E-state index contributed by atoms with van der Waals surface area (Å²) in [6.07, 6.45) is 4.52. The number of likely N-dealkylation sites (tertiary alicyclic amines) is 1. The first-order chi connectivity index (χ1) is 6.53. The first-order valence-electron chi connectivity index (χ1n) is 5.94. The monoisotopic (exact) mass is 199 g/mol. The number of aliphatic hydroxyl groups is 1. The Bertz CT molecular complexity index is 168. The Kier molecular flexibility index (Phi) is 4.39. The van der Waals surface area contributed by atoms with Crippen LogP contribution in [0, 0.1) is 5.41 Å². The van der Waals surface area contributed by atoms with Crippen molar-refractivity contribution < 1.29 is 5.11 Å². The van der Waals surface area contributed by atoms with Gasteiger partial charge in [0.1, 0.15) is 0 Å². The van der Waals surface area contributed by atoms with Gasteiger partial charge < -0.3 is 10.0 Å². The van der Waals surface area contributed by atoms with E-state index in [9.17, 15) is 5.11 Å². The fraction of sp³-hybridized carbons (Fsp3) is 1.00. The lowest BCUT2D eigenvalue weighted by molar-refractivity contribution is 0.0562. The molecule has 1 aliphatic rings. The number of piperidine rings is 1. The maximum atomic E-state index is 9.73. The third kappa shape index (κ3) is 3.97. The highest BCUT2D eigenvalue weighted by Gasteiger charge is 2.26. The summed E-state index contributed by atoms with van der Waals surface area (Å²) in [4.78, 5) is 2.42. The molecule has 1 saturated heterocycles. The normalized spacial score (nSPS) is 24.9. The van der Waals surface area contributed by atoms with E-state index in [1.54, 1.807) is 0 Å². The summed E-state index contributed by atoms with van der Waals surface area (Å²) < 4.78 is 0. The SMILES string of the molecule is CCCC(O)CN1CCCC(C)(C)C1. The van der Waals surface area contributed by atoms with Crippen LogP contribution in [-0.2, 0) is 0 Å². The van der Waals surface area contributed by atoms with Crippen molar-refractivity contribution in [2.24, 2.45) is 5.41 Å². The molecule has 0 aromatic carbocycles. The average molecular weight is 199 g/mol. The second kappa shape index (κ2) is 5.13. The van der Waals surface area contributed by atoms with Crippen molar-refractivity contribution in [3.63, 3.8) is 0 Å².